The molecule has 0 atom stereocenters. The number of rotatable bonds is 7. The molecule has 30 heavy (non-hydrogen) atoms. The molecule has 0 aliphatic heterocycles. The Kier molecular flexibility index (Phi) is 7.13. The van der Waals surface area contributed by atoms with Gasteiger partial charge in [0, 0.05) is 30.5 Å². The molecule has 0 radical (unpaired) electrons. The van der Waals surface area contributed by atoms with Gasteiger partial charge in [-0.2, -0.15) is 5.10 Å². The average Bonchev–Trinajstić information content (AvgIpc) is 3.12. The number of nitrogens with zero attached hydrogens (tertiary/aromatic N) is 2. The van der Waals surface area contributed by atoms with E-state index in [-0.39, 0.29) is 30.7 Å². The molecule has 3 aromatic rings. The van der Waals surface area contributed by atoms with E-state index in [4.69, 9.17) is 23.2 Å². The van der Waals surface area contributed by atoms with Gasteiger partial charge in [0.15, 0.2) is 0 Å². The smallest absolute Gasteiger partial charge is 0.226 e. The van der Waals surface area contributed by atoms with Gasteiger partial charge in [0.1, 0.15) is 5.82 Å². The first-order chi connectivity index (χ1) is 14.3. The monoisotopic (exact) mass is 444 g/mol. The number of carbonyl (C=O) groups is 2. The minimum Gasteiger partial charge on any atom is -0.354 e. The third-order valence-corrected chi connectivity index (χ3v) is 4.96. The van der Waals surface area contributed by atoms with Crippen molar-refractivity contribution >= 4 is 40.8 Å². The molecule has 0 bridgehead atoms. The molecule has 0 spiro atoms. The highest BCUT2D eigenvalue weighted by Gasteiger charge is 2.15. The molecule has 1 aromatic heterocycles. The van der Waals surface area contributed by atoms with Gasteiger partial charge in [-0.05, 0) is 32.0 Å². The fraction of sp³-hybridized carbons (Fsp3) is 0.227. The lowest BCUT2D eigenvalue weighted by Crippen LogP contribution is -2.30. The van der Waals surface area contributed by atoms with Crippen LogP contribution in [0.25, 0.3) is 16.9 Å². The highest BCUT2D eigenvalue weighted by atomic mass is 35.5. The minimum absolute atomic E-state index is 0.0325. The van der Waals surface area contributed by atoms with Gasteiger partial charge >= 0.3 is 0 Å². The van der Waals surface area contributed by atoms with E-state index in [1.165, 1.54) is 0 Å². The highest BCUT2D eigenvalue weighted by molar-refractivity contribution is 6.42. The van der Waals surface area contributed by atoms with Crippen molar-refractivity contribution in [3.8, 4) is 16.9 Å². The van der Waals surface area contributed by atoms with Crippen LogP contribution in [0.3, 0.4) is 0 Å². The second-order valence-corrected chi connectivity index (χ2v) is 7.88. The number of amides is 2. The Morgan fingerprint density at radius 3 is 2.33 bits per heavy atom. The standard InChI is InChI=1S/C22H22Cl2N4O2/c1-14(2)25-21(29)10-11-22(30)26-20-13-19(15-6-4-3-5-7-15)27-28(20)16-8-9-17(23)18(24)12-16/h3-9,12-14H,10-11H2,1-2H3,(H,25,29)(H,26,30). The predicted molar refractivity (Wildman–Crippen MR) is 120 cm³/mol. The zero-order valence-electron chi connectivity index (χ0n) is 16.7. The number of hydrogen-bond acceptors (Lipinski definition) is 3. The molecule has 2 N–H and O–H groups in total. The second kappa shape index (κ2) is 9.78. The number of hydrogen-bond donors (Lipinski definition) is 2. The van der Waals surface area contributed by atoms with Crippen LogP contribution in [0, 0.1) is 0 Å². The summed E-state index contributed by atoms with van der Waals surface area (Å²) in [6, 6.07) is 16.5. The molecular formula is C22H22Cl2N4O2. The molecule has 0 saturated heterocycles. The number of benzene rings is 2. The molecule has 0 unspecified atom stereocenters. The summed E-state index contributed by atoms with van der Waals surface area (Å²) in [6.45, 7) is 3.75. The van der Waals surface area contributed by atoms with E-state index in [1.54, 1.807) is 28.9 Å². The average molecular weight is 445 g/mol. The van der Waals surface area contributed by atoms with E-state index in [1.807, 2.05) is 44.2 Å². The molecule has 3 rings (SSSR count). The quantitative estimate of drug-likeness (QED) is 0.532. The van der Waals surface area contributed by atoms with Gasteiger partial charge in [0.25, 0.3) is 0 Å². The maximum absolute atomic E-state index is 12.5. The Bertz CT molecular complexity index is 1050. The number of aromatic nitrogens is 2. The van der Waals surface area contributed by atoms with Crippen LogP contribution in [0.15, 0.2) is 54.6 Å². The summed E-state index contributed by atoms with van der Waals surface area (Å²) >= 11 is 12.2. The van der Waals surface area contributed by atoms with E-state index in [9.17, 15) is 9.59 Å². The van der Waals surface area contributed by atoms with Crippen molar-refractivity contribution in [3.63, 3.8) is 0 Å². The number of anilines is 1. The van der Waals surface area contributed by atoms with Crippen LogP contribution < -0.4 is 10.6 Å². The van der Waals surface area contributed by atoms with Gasteiger partial charge in [0.2, 0.25) is 11.8 Å². The van der Waals surface area contributed by atoms with Crippen molar-refractivity contribution in [2.24, 2.45) is 0 Å². The van der Waals surface area contributed by atoms with E-state index >= 15 is 0 Å². The van der Waals surface area contributed by atoms with Crippen LogP contribution >= 0.6 is 23.2 Å². The first-order valence-electron chi connectivity index (χ1n) is 9.53. The molecule has 0 saturated carbocycles. The van der Waals surface area contributed by atoms with Gasteiger partial charge < -0.3 is 10.6 Å². The maximum atomic E-state index is 12.5. The molecule has 2 aromatic carbocycles. The Hall–Kier alpha value is -2.83. The molecule has 156 valence electrons. The Labute approximate surface area is 185 Å². The van der Waals surface area contributed by atoms with Gasteiger partial charge in [-0.25, -0.2) is 4.68 Å². The first-order valence-corrected chi connectivity index (χ1v) is 10.3. The van der Waals surface area contributed by atoms with Crippen molar-refractivity contribution < 1.29 is 9.59 Å². The van der Waals surface area contributed by atoms with E-state index in [0.29, 0.717) is 27.2 Å². The minimum atomic E-state index is -0.283. The molecule has 6 nitrogen and oxygen atoms in total. The summed E-state index contributed by atoms with van der Waals surface area (Å²) < 4.78 is 1.59. The predicted octanol–water partition coefficient (Wildman–Crippen LogP) is 5.09. The third-order valence-electron chi connectivity index (χ3n) is 4.22. The lowest BCUT2D eigenvalue weighted by atomic mass is 10.1. The van der Waals surface area contributed by atoms with Crippen LogP contribution in [-0.4, -0.2) is 27.6 Å². The van der Waals surface area contributed by atoms with Crippen molar-refractivity contribution in [1.82, 2.24) is 15.1 Å². The maximum Gasteiger partial charge on any atom is 0.226 e. The summed E-state index contributed by atoms with van der Waals surface area (Å²) in [4.78, 5) is 24.3. The summed E-state index contributed by atoms with van der Waals surface area (Å²) in [5, 5.41) is 11.1. The van der Waals surface area contributed by atoms with Crippen LogP contribution in [0.2, 0.25) is 10.0 Å². The van der Waals surface area contributed by atoms with Gasteiger partial charge in [0.05, 0.1) is 21.4 Å². The number of nitrogens with one attached hydrogen (secondary N) is 2. The van der Waals surface area contributed by atoms with Crippen LogP contribution in [-0.2, 0) is 9.59 Å². The van der Waals surface area contributed by atoms with Crippen LogP contribution in [0.5, 0.6) is 0 Å². The largest absolute Gasteiger partial charge is 0.354 e. The van der Waals surface area contributed by atoms with Gasteiger partial charge in [-0.1, -0.05) is 53.5 Å². The van der Waals surface area contributed by atoms with Crippen LogP contribution in [0.4, 0.5) is 5.82 Å². The van der Waals surface area contributed by atoms with Crippen molar-refractivity contribution in [3.05, 3.63) is 64.6 Å². The van der Waals surface area contributed by atoms with E-state index in [0.717, 1.165) is 5.56 Å². The van der Waals surface area contributed by atoms with Crippen molar-refractivity contribution in [2.45, 2.75) is 32.7 Å². The lowest BCUT2D eigenvalue weighted by Gasteiger charge is -2.10. The van der Waals surface area contributed by atoms with E-state index < -0.39 is 0 Å². The normalized spacial score (nSPS) is 10.8. The summed E-state index contributed by atoms with van der Waals surface area (Å²) in [5.41, 5.74) is 2.25. The Morgan fingerprint density at radius 1 is 0.967 bits per heavy atom. The lowest BCUT2D eigenvalue weighted by molar-refractivity contribution is -0.124. The number of halogens is 2. The molecular weight excluding hydrogens is 423 g/mol. The SMILES string of the molecule is CC(C)NC(=O)CCC(=O)Nc1cc(-c2ccccc2)nn1-c1ccc(Cl)c(Cl)c1. The molecule has 8 heteroatoms. The van der Waals surface area contributed by atoms with Crippen LogP contribution in [0.1, 0.15) is 26.7 Å². The third kappa shape index (κ3) is 5.62. The molecule has 0 fully saturated rings. The fourth-order valence-corrected chi connectivity index (χ4v) is 3.15. The molecule has 2 amide bonds. The van der Waals surface area contributed by atoms with Gasteiger partial charge in [-0.15, -0.1) is 0 Å². The Balaban J connectivity index is 1.86. The fourth-order valence-electron chi connectivity index (χ4n) is 2.86. The summed E-state index contributed by atoms with van der Waals surface area (Å²) in [7, 11) is 0. The second-order valence-electron chi connectivity index (χ2n) is 7.06. The van der Waals surface area contributed by atoms with Crippen molar-refractivity contribution in [1.29, 1.82) is 0 Å². The van der Waals surface area contributed by atoms with Gasteiger partial charge in [-0.3, -0.25) is 9.59 Å². The first kappa shape index (κ1) is 21.9. The number of carbonyl (C=O) groups excluding carboxylic acids is 2. The molecule has 0 aliphatic rings. The summed E-state index contributed by atoms with van der Waals surface area (Å²) in [5.74, 6) is 0.0272. The van der Waals surface area contributed by atoms with Crippen molar-refractivity contribution in [2.75, 3.05) is 5.32 Å². The Morgan fingerprint density at radius 2 is 1.67 bits per heavy atom. The highest BCUT2D eigenvalue weighted by Crippen LogP contribution is 2.29. The summed E-state index contributed by atoms with van der Waals surface area (Å²) in [6.07, 6.45) is 0.169. The molecule has 1 heterocycles. The molecule has 0 aliphatic carbocycles. The topological polar surface area (TPSA) is 76.0 Å². The zero-order chi connectivity index (χ0) is 21.7. The zero-order valence-corrected chi connectivity index (χ0v) is 18.2. The van der Waals surface area contributed by atoms with E-state index in [2.05, 4.69) is 15.7 Å².